The van der Waals surface area contributed by atoms with Gasteiger partial charge in [-0.05, 0) is 42.8 Å². The molecule has 2 aromatic carbocycles. The molecule has 3 rings (SSSR count). The van der Waals surface area contributed by atoms with Crippen molar-refractivity contribution < 1.29 is 14.6 Å². The number of hydrogen-bond acceptors (Lipinski definition) is 5. The fourth-order valence-corrected chi connectivity index (χ4v) is 2.54. The Hall–Kier alpha value is -3.45. The van der Waals surface area contributed by atoms with Crippen LogP contribution in [0.1, 0.15) is 16.1 Å². The van der Waals surface area contributed by atoms with Gasteiger partial charge < -0.3 is 15.2 Å². The van der Waals surface area contributed by atoms with E-state index in [9.17, 15) is 14.7 Å². The summed E-state index contributed by atoms with van der Waals surface area (Å²) < 4.78 is 6.68. The second-order valence-corrected chi connectivity index (χ2v) is 6.30. The minimum absolute atomic E-state index is 0.00318. The topological polar surface area (TPSA) is 93.5 Å². The van der Waals surface area contributed by atoms with Crippen molar-refractivity contribution in [3.63, 3.8) is 0 Å². The predicted molar refractivity (Wildman–Crippen MR) is 105 cm³/mol. The van der Waals surface area contributed by atoms with Crippen LogP contribution in [0.4, 0.5) is 0 Å². The molecule has 28 heavy (non-hydrogen) atoms. The normalized spacial score (nSPS) is 11.6. The summed E-state index contributed by atoms with van der Waals surface area (Å²) in [5.41, 5.74) is 1.36. The van der Waals surface area contributed by atoms with Gasteiger partial charge in [-0.25, -0.2) is 0 Å². The molecular formula is C21H21N3O4. The summed E-state index contributed by atoms with van der Waals surface area (Å²) in [4.78, 5) is 24.3. The number of ether oxygens (including phenoxy) is 1. The van der Waals surface area contributed by atoms with E-state index in [2.05, 4.69) is 10.4 Å². The third kappa shape index (κ3) is 5.05. The molecule has 0 aliphatic heterocycles. The molecule has 0 aliphatic carbocycles. The lowest BCUT2D eigenvalue weighted by atomic mass is 10.2. The zero-order valence-corrected chi connectivity index (χ0v) is 15.4. The van der Waals surface area contributed by atoms with Gasteiger partial charge >= 0.3 is 0 Å². The van der Waals surface area contributed by atoms with Crippen LogP contribution in [0.3, 0.4) is 0 Å². The molecule has 0 fully saturated rings. The summed E-state index contributed by atoms with van der Waals surface area (Å²) in [6, 6.07) is 18.9. The van der Waals surface area contributed by atoms with Crippen molar-refractivity contribution in [1.29, 1.82) is 0 Å². The molecule has 0 saturated heterocycles. The number of amides is 1. The highest BCUT2D eigenvalue weighted by Crippen LogP contribution is 2.12. The molecule has 1 atom stereocenters. The molecular weight excluding hydrogens is 358 g/mol. The Balaban J connectivity index is 1.58. The SMILES string of the molecule is Cc1cccc(OCC(O)CNC(=O)c2ccc(=O)n(-c3ccccc3)n2)c1. The Labute approximate surface area is 162 Å². The van der Waals surface area contributed by atoms with E-state index in [-0.39, 0.29) is 24.4 Å². The molecule has 7 nitrogen and oxygen atoms in total. The van der Waals surface area contributed by atoms with E-state index in [1.165, 1.54) is 12.1 Å². The van der Waals surface area contributed by atoms with Crippen molar-refractivity contribution in [2.75, 3.05) is 13.2 Å². The van der Waals surface area contributed by atoms with Crippen molar-refractivity contribution in [1.82, 2.24) is 15.1 Å². The van der Waals surface area contributed by atoms with Crippen LogP contribution in [0.5, 0.6) is 5.75 Å². The fourth-order valence-electron chi connectivity index (χ4n) is 2.54. The van der Waals surface area contributed by atoms with Crippen LogP contribution in [0.15, 0.2) is 71.5 Å². The van der Waals surface area contributed by atoms with Crippen molar-refractivity contribution in [3.8, 4) is 11.4 Å². The highest BCUT2D eigenvalue weighted by molar-refractivity contribution is 5.92. The van der Waals surface area contributed by atoms with Crippen LogP contribution in [-0.2, 0) is 0 Å². The van der Waals surface area contributed by atoms with Crippen LogP contribution in [0, 0.1) is 6.92 Å². The second-order valence-electron chi connectivity index (χ2n) is 6.30. The lowest BCUT2D eigenvalue weighted by Crippen LogP contribution is -2.36. The molecule has 1 amide bonds. The maximum atomic E-state index is 12.3. The highest BCUT2D eigenvalue weighted by atomic mass is 16.5. The molecule has 0 radical (unpaired) electrons. The Bertz CT molecular complexity index is 1000. The quantitative estimate of drug-likeness (QED) is 0.652. The summed E-state index contributed by atoms with van der Waals surface area (Å²) in [5.74, 6) is 0.168. The number of aryl methyl sites for hydroxylation is 1. The number of rotatable bonds is 7. The van der Waals surface area contributed by atoms with Crippen LogP contribution >= 0.6 is 0 Å². The van der Waals surface area contributed by atoms with Gasteiger partial charge in [-0.1, -0.05) is 30.3 Å². The Kier molecular flexibility index (Phi) is 6.18. The van der Waals surface area contributed by atoms with Crippen LogP contribution in [0.25, 0.3) is 5.69 Å². The van der Waals surface area contributed by atoms with E-state index in [4.69, 9.17) is 4.74 Å². The molecule has 0 spiro atoms. The van der Waals surface area contributed by atoms with Gasteiger partial charge in [0.05, 0.1) is 5.69 Å². The van der Waals surface area contributed by atoms with Gasteiger partial charge in [0.15, 0.2) is 0 Å². The average Bonchev–Trinajstić information content (AvgIpc) is 2.71. The molecule has 1 heterocycles. The van der Waals surface area contributed by atoms with Gasteiger partial charge in [-0.2, -0.15) is 9.78 Å². The first-order valence-corrected chi connectivity index (χ1v) is 8.84. The minimum atomic E-state index is -0.885. The van der Waals surface area contributed by atoms with Gasteiger partial charge in [0.1, 0.15) is 24.2 Å². The molecule has 0 aliphatic rings. The number of nitrogens with one attached hydrogen (secondary N) is 1. The molecule has 144 valence electrons. The Morgan fingerprint density at radius 2 is 1.93 bits per heavy atom. The lowest BCUT2D eigenvalue weighted by Gasteiger charge is -2.13. The first kappa shape index (κ1) is 19.3. The Morgan fingerprint density at radius 3 is 2.68 bits per heavy atom. The first-order valence-electron chi connectivity index (χ1n) is 8.84. The first-order chi connectivity index (χ1) is 13.5. The zero-order chi connectivity index (χ0) is 19.9. The molecule has 1 unspecified atom stereocenters. The molecule has 7 heteroatoms. The maximum Gasteiger partial charge on any atom is 0.271 e. The highest BCUT2D eigenvalue weighted by Gasteiger charge is 2.13. The maximum absolute atomic E-state index is 12.3. The number of aromatic nitrogens is 2. The van der Waals surface area contributed by atoms with E-state index >= 15 is 0 Å². The van der Waals surface area contributed by atoms with E-state index < -0.39 is 12.0 Å². The van der Waals surface area contributed by atoms with Crippen LogP contribution in [-0.4, -0.2) is 40.0 Å². The lowest BCUT2D eigenvalue weighted by molar-refractivity contribution is 0.0838. The standard InChI is InChI=1S/C21H21N3O4/c1-15-6-5-9-18(12-15)28-14-17(25)13-22-21(27)19-10-11-20(26)24(23-19)16-7-3-2-4-8-16/h2-12,17,25H,13-14H2,1H3,(H,22,27). The fraction of sp³-hybridized carbons (Fsp3) is 0.190. The summed E-state index contributed by atoms with van der Waals surface area (Å²) in [7, 11) is 0. The van der Waals surface area contributed by atoms with Gasteiger partial charge in [0.2, 0.25) is 0 Å². The third-order valence-electron chi connectivity index (χ3n) is 3.96. The molecule has 0 bridgehead atoms. The van der Waals surface area contributed by atoms with E-state index in [0.717, 1.165) is 10.2 Å². The minimum Gasteiger partial charge on any atom is -0.491 e. The van der Waals surface area contributed by atoms with Crippen molar-refractivity contribution in [3.05, 3.63) is 88.3 Å². The van der Waals surface area contributed by atoms with Crippen LogP contribution in [0.2, 0.25) is 0 Å². The number of carbonyl (C=O) groups is 1. The van der Waals surface area contributed by atoms with Gasteiger partial charge in [-0.3, -0.25) is 9.59 Å². The van der Waals surface area contributed by atoms with Crippen molar-refractivity contribution in [2.24, 2.45) is 0 Å². The molecule has 1 aromatic heterocycles. The summed E-state index contributed by atoms with van der Waals surface area (Å²) in [6.45, 7) is 1.99. The Morgan fingerprint density at radius 1 is 1.14 bits per heavy atom. The van der Waals surface area contributed by atoms with Crippen molar-refractivity contribution in [2.45, 2.75) is 13.0 Å². The summed E-state index contributed by atoms with van der Waals surface area (Å²) in [6.07, 6.45) is -0.885. The average molecular weight is 379 g/mol. The monoisotopic (exact) mass is 379 g/mol. The van der Waals surface area contributed by atoms with Crippen molar-refractivity contribution >= 4 is 5.91 Å². The smallest absolute Gasteiger partial charge is 0.271 e. The number of para-hydroxylation sites is 1. The van der Waals surface area contributed by atoms with Gasteiger partial charge in [0.25, 0.3) is 11.5 Å². The number of nitrogens with zero attached hydrogens (tertiary/aromatic N) is 2. The van der Waals surface area contributed by atoms with E-state index in [1.807, 2.05) is 31.2 Å². The number of benzene rings is 2. The van der Waals surface area contributed by atoms with Crippen LogP contribution < -0.4 is 15.6 Å². The van der Waals surface area contributed by atoms with Gasteiger partial charge in [0, 0.05) is 12.6 Å². The zero-order valence-electron chi connectivity index (χ0n) is 15.4. The number of carbonyl (C=O) groups excluding carboxylic acids is 1. The number of aliphatic hydroxyl groups is 1. The summed E-state index contributed by atoms with van der Waals surface area (Å²) >= 11 is 0. The number of hydrogen-bond donors (Lipinski definition) is 2. The van der Waals surface area contributed by atoms with Gasteiger partial charge in [-0.15, -0.1) is 0 Å². The summed E-state index contributed by atoms with van der Waals surface area (Å²) in [5, 5.41) is 16.7. The molecule has 0 saturated carbocycles. The second kappa shape index (κ2) is 8.96. The third-order valence-corrected chi connectivity index (χ3v) is 3.96. The largest absolute Gasteiger partial charge is 0.491 e. The van der Waals surface area contributed by atoms with E-state index in [0.29, 0.717) is 11.4 Å². The molecule has 2 N–H and O–H groups in total. The molecule has 3 aromatic rings. The van der Waals surface area contributed by atoms with E-state index in [1.54, 1.807) is 30.3 Å². The predicted octanol–water partition coefficient (Wildman–Crippen LogP) is 1.71. The number of aliphatic hydroxyl groups excluding tert-OH is 1.